The molecular weight excluding hydrogens is 302 g/mol. The van der Waals surface area contributed by atoms with Crippen LogP contribution in [0, 0.1) is 23.2 Å². The fourth-order valence-corrected chi connectivity index (χ4v) is 6.18. The van der Waals surface area contributed by atoms with Gasteiger partial charge in [0, 0.05) is 0 Å². The lowest BCUT2D eigenvalue weighted by atomic mass is 9.47. The number of aliphatic carboxylic acids is 1. The van der Waals surface area contributed by atoms with Crippen LogP contribution < -0.4 is 5.32 Å². The summed E-state index contributed by atoms with van der Waals surface area (Å²) in [6.07, 6.45) is 7.01. The molecule has 4 fully saturated rings. The van der Waals surface area contributed by atoms with Crippen LogP contribution in [-0.4, -0.2) is 28.8 Å². The number of carboxylic acid groups (broad SMARTS) is 1. The van der Waals surface area contributed by atoms with Crippen LogP contribution in [0.25, 0.3) is 0 Å². The first-order chi connectivity index (χ1) is 11.6. The smallest absolute Gasteiger partial charge is 0.321 e. The van der Waals surface area contributed by atoms with Crippen LogP contribution in [0.15, 0.2) is 30.3 Å². The molecule has 1 aromatic carbocycles. The Morgan fingerprint density at radius 1 is 1.08 bits per heavy atom. The summed E-state index contributed by atoms with van der Waals surface area (Å²) in [6.45, 7) is -0.0832. The van der Waals surface area contributed by atoms with Gasteiger partial charge >= 0.3 is 5.97 Å². The van der Waals surface area contributed by atoms with E-state index in [-0.39, 0.29) is 18.1 Å². The van der Waals surface area contributed by atoms with Gasteiger partial charge in [-0.05, 0) is 67.3 Å². The number of benzene rings is 1. The van der Waals surface area contributed by atoms with Gasteiger partial charge in [-0.15, -0.1) is 0 Å². The maximum Gasteiger partial charge on any atom is 0.321 e. The molecule has 0 aromatic heterocycles. The van der Waals surface area contributed by atoms with Crippen molar-refractivity contribution < 1.29 is 15.0 Å². The van der Waals surface area contributed by atoms with Crippen LogP contribution >= 0.6 is 0 Å². The fraction of sp³-hybridized carbons (Fsp3) is 0.650. The predicted octanol–water partition coefficient (Wildman–Crippen LogP) is 2.98. The maximum atomic E-state index is 12.2. The van der Waals surface area contributed by atoms with Crippen LogP contribution in [0.4, 0.5) is 0 Å². The number of nitrogens with one attached hydrogen (secondary N) is 1. The van der Waals surface area contributed by atoms with E-state index in [2.05, 4.69) is 5.32 Å². The summed E-state index contributed by atoms with van der Waals surface area (Å²) < 4.78 is 0. The summed E-state index contributed by atoms with van der Waals surface area (Å²) in [5.74, 6) is 1.38. The van der Waals surface area contributed by atoms with E-state index in [1.54, 1.807) is 0 Å². The molecule has 4 nitrogen and oxygen atoms in total. The van der Waals surface area contributed by atoms with Gasteiger partial charge in [0.05, 0.1) is 12.6 Å². The zero-order chi connectivity index (χ0) is 16.7. The predicted molar refractivity (Wildman–Crippen MR) is 91.4 cm³/mol. The fourth-order valence-electron chi connectivity index (χ4n) is 6.18. The van der Waals surface area contributed by atoms with Crippen molar-refractivity contribution in [3.8, 4) is 0 Å². The Hall–Kier alpha value is -1.39. The highest BCUT2D eigenvalue weighted by molar-refractivity contribution is 5.75. The van der Waals surface area contributed by atoms with Gasteiger partial charge in [0.15, 0.2) is 0 Å². The average molecular weight is 329 g/mol. The van der Waals surface area contributed by atoms with Gasteiger partial charge < -0.3 is 10.2 Å². The Bertz CT molecular complexity index is 565. The van der Waals surface area contributed by atoms with Crippen LogP contribution in [0.3, 0.4) is 0 Å². The lowest BCUT2D eigenvalue weighted by Crippen LogP contribution is -2.59. The van der Waals surface area contributed by atoms with Gasteiger partial charge in [0.1, 0.15) is 6.04 Å². The summed E-state index contributed by atoms with van der Waals surface area (Å²) in [7, 11) is 0. The van der Waals surface area contributed by atoms with Crippen LogP contribution in [0.5, 0.6) is 0 Å². The maximum absolute atomic E-state index is 12.2. The molecule has 0 radical (unpaired) electrons. The molecule has 0 spiro atoms. The number of carboxylic acids is 1. The zero-order valence-corrected chi connectivity index (χ0v) is 14.0. The Labute approximate surface area is 143 Å². The molecule has 0 heterocycles. The van der Waals surface area contributed by atoms with E-state index >= 15 is 0 Å². The molecule has 130 valence electrons. The third kappa shape index (κ3) is 2.76. The van der Waals surface area contributed by atoms with Crippen molar-refractivity contribution >= 4 is 5.97 Å². The van der Waals surface area contributed by atoms with Gasteiger partial charge in [-0.1, -0.05) is 30.3 Å². The van der Waals surface area contributed by atoms with Crippen molar-refractivity contribution in [3.63, 3.8) is 0 Å². The number of hydrogen-bond donors (Lipinski definition) is 3. The Kier molecular flexibility index (Phi) is 4.13. The van der Waals surface area contributed by atoms with E-state index in [1.165, 1.54) is 19.3 Å². The topological polar surface area (TPSA) is 69.6 Å². The summed E-state index contributed by atoms with van der Waals surface area (Å²) in [6, 6.07) is 8.81. The van der Waals surface area contributed by atoms with Gasteiger partial charge in [-0.3, -0.25) is 10.1 Å². The van der Waals surface area contributed by atoms with Crippen molar-refractivity contribution in [1.82, 2.24) is 5.32 Å². The molecule has 4 heteroatoms. The van der Waals surface area contributed by atoms with E-state index in [0.717, 1.165) is 24.8 Å². The first-order valence-corrected chi connectivity index (χ1v) is 9.24. The molecule has 0 aliphatic heterocycles. The van der Waals surface area contributed by atoms with E-state index in [0.29, 0.717) is 17.8 Å². The summed E-state index contributed by atoms with van der Waals surface area (Å²) >= 11 is 0. The largest absolute Gasteiger partial charge is 0.480 e. The second-order valence-electron chi connectivity index (χ2n) is 8.36. The Balaban J connectivity index is 1.59. The number of hydrogen-bond acceptors (Lipinski definition) is 3. The average Bonchev–Trinajstić information content (AvgIpc) is 2.54. The quantitative estimate of drug-likeness (QED) is 0.750. The van der Waals surface area contributed by atoms with Crippen molar-refractivity contribution in [2.75, 3.05) is 6.61 Å². The Morgan fingerprint density at radius 2 is 1.62 bits per heavy atom. The molecule has 5 rings (SSSR count). The highest BCUT2D eigenvalue weighted by Crippen LogP contribution is 2.61. The highest BCUT2D eigenvalue weighted by Gasteiger charge is 2.56. The van der Waals surface area contributed by atoms with E-state index in [9.17, 15) is 15.0 Å². The highest BCUT2D eigenvalue weighted by atomic mass is 16.4. The lowest BCUT2D eigenvalue weighted by molar-refractivity contribution is -0.152. The van der Waals surface area contributed by atoms with E-state index in [1.807, 2.05) is 30.3 Å². The minimum absolute atomic E-state index is 0.0832. The molecule has 0 saturated heterocycles. The number of carbonyl (C=O) groups is 1. The standard InChI is InChI=1S/C20H27NO3/c22-12-17(16-4-2-1-3-5-16)21-18(19(23)24)20-9-13-6-14(10-20)8-15(7-13)11-20/h1-5,13-15,17-18,21-22H,6-12H2,(H,23,24). The second-order valence-corrected chi connectivity index (χ2v) is 8.36. The molecule has 24 heavy (non-hydrogen) atoms. The van der Waals surface area contributed by atoms with Crippen molar-refractivity contribution in [2.24, 2.45) is 23.2 Å². The molecule has 1 aromatic rings. The SMILES string of the molecule is O=C(O)C(NC(CO)c1ccccc1)C12CC3CC(CC(C3)C1)C2. The third-order valence-electron chi connectivity index (χ3n) is 6.70. The van der Waals surface area contributed by atoms with E-state index in [4.69, 9.17) is 0 Å². The normalized spacial score (nSPS) is 36.5. The molecule has 3 N–H and O–H groups in total. The first-order valence-electron chi connectivity index (χ1n) is 9.24. The van der Waals surface area contributed by atoms with Gasteiger partial charge in [-0.25, -0.2) is 0 Å². The van der Waals surface area contributed by atoms with Gasteiger partial charge in [0.2, 0.25) is 0 Å². The summed E-state index contributed by atoms with van der Waals surface area (Å²) in [5.41, 5.74) is 0.832. The van der Waals surface area contributed by atoms with E-state index < -0.39 is 12.0 Å². The van der Waals surface area contributed by atoms with Crippen molar-refractivity contribution in [1.29, 1.82) is 0 Å². The number of aliphatic hydroxyl groups is 1. The molecule has 4 aliphatic carbocycles. The molecule has 4 bridgehead atoms. The van der Waals surface area contributed by atoms with Crippen molar-refractivity contribution in [3.05, 3.63) is 35.9 Å². The monoisotopic (exact) mass is 329 g/mol. The van der Waals surface area contributed by atoms with Crippen LogP contribution in [0.1, 0.15) is 50.1 Å². The van der Waals surface area contributed by atoms with Gasteiger partial charge in [0.25, 0.3) is 0 Å². The first kappa shape index (κ1) is 16.1. The van der Waals surface area contributed by atoms with Crippen molar-refractivity contribution in [2.45, 2.75) is 50.6 Å². The molecule has 4 aliphatic rings. The number of aliphatic hydroxyl groups excluding tert-OH is 1. The van der Waals surface area contributed by atoms with Crippen LogP contribution in [0.2, 0.25) is 0 Å². The number of rotatable bonds is 6. The second kappa shape index (κ2) is 6.16. The summed E-state index contributed by atoms with van der Waals surface area (Å²) in [4.78, 5) is 12.2. The lowest BCUT2D eigenvalue weighted by Gasteiger charge is -2.59. The van der Waals surface area contributed by atoms with Gasteiger partial charge in [-0.2, -0.15) is 0 Å². The third-order valence-corrected chi connectivity index (χ3v) is 6.70. The summed E-state index contributed by atoms with van der Waals surface area (Å²) in [5, 5.41) is 23.1. The minimum atomic E-state index is -0.758. The molecule has 2 atom stereocenters. The molecule has 2 unspecified atom stereocenters. The molecule has 4 saturated carbocycles. The Morgan fingerprint density at radius 3 is 2.08 bits per heavy atom. The van der Waals surface area contributed by atoms with Crippen LogP contribution in [-0.2, 0) is 4.79 Å². The zero-order valence-electron chi connectivity index (χ0n) is 14.0. The molecular formula is C20H27NO3. The minimum Gasteiger partial charge on any atom is -0.480 e. The molecule has 0 amide bonds.